The van der Waals surface area contributed by atoms with Gasteiger partial charge in [0.05, 0.1) is 12.2 Å². The smallest absolute Gasteiger partial charge is 0.254 e. The van der Waals surface area contributed by atoms with E-state index in [0.717, 1.165) is 120 Å². The van der Waals surface area contributed by atoms with E-state index in [0.29, 0.717) is 47.8 Å². The summed E-state index contributed by atoms with van der Waals surface area (Å²) in [6.45, 7) is 18.8. The molecule has 1 amide bonds. The molecular formula is C52H70FN9O4. The minimum atomic E-state index is -0.462. The monoisotopic (exact) mass is 904 g/mol. The van der Waals surface area contributed by atoms with Gasteiger partial charge in [-0.25, -0.2) is 9.38 Å². The van der Waals surface area contributed by atoms with E-state index in [1.807, 2.05) is 23.1 Å². The van der Waals surface area contributed by atoms with E-state index in [1.165, 1.54) is 5.56 Å². The molecule has 7 heterocycles. The molecule has 0 saturated carbocycles. The normalized spacial score (nSPS) is 27.3. The van der Waals surface area contributed by atoms with Crippen molar-refractivity contribution in [3.8, 4) is 5.88 Å². The Morgan fingerprint density at radius 1 is 1.06 bits per heavy atom. The second-order valence-electron chi connectivity index (χ2n) is 20.0. The number of ether oxygens (including phenoxy) is 2. The molecule has 6 aliphatic rings. The number of carbonyl (C=O) groups excluding carboxylic acids is 1. The minimum Gasteiger partial charge on any atom is -0.469 e. The minimum absolute atomic E-state index is 0.00321. The number of halogens is 1. The predicted octanol–water partition coefficient (Wildman–Crippen LogP) is 7.68. The van der Waals surface area contributed by atoms with Crippen LogP contribution in [0, 0.1) is 5.92 Å². The van der Waals surface area contributed by atoms with Crippen LogP contribution in [0.2, 0.25) is 0 Å². The average molecular weight is 904 g/mol. The van der Waals surface area contributed by atoms with E-state index in [9.17, 15) is 4.79 Å². The van der Waals surface area contributed by atoms with Crippen molar-refractivity contribution in [3.05, 3.63) is 76.6 Å². The first-order valence-corrected chi connectivity index (χ1v) is 24.7. The van der Waals surface area contributed by atoms with E-state index in [1.54, 1.807) is 19.3 Å². The summed E-state index contributed by atoms with van der Waals surface area (Å²) < 4.78 is 35.8. The summed E-state index contributed by atoms with van der Waals surface area (Å²) in [4.78, 5) is 36.7. The number of aliphatic imine (C=N–C) groups is 3. The fourth-order valence-corrected chi connectivity index (χ4v) is 12.1. The Kier molecular flexibility index (Phi) is 14.2. The van der Waals surface area contributed by atoms with Gasteiger partial charge in [0.2, 0.25) is 5.91 Å². The molecule has 0 radical (unpaired) electrons. The number of amides is 1. The van der Waals surface area contributed by atoms with Gasteiger partial charge in [0.1, 0.15) is 36.1 Å². The third-order valence-corrected chi connectivity index (χ3v) is 15.3. The zero-order chi connectivity index (χ0) is 46.0. The lowest BCUT2D eigenvalue weighted by molar-refractivity contribution is -0.134. The Morgan fingerprint density at radius 2 is 1.85 bits per heavy atom. The van der Waals surface area contributed by atoms with Crippen LogP contribution >= 0.6 is 0 Å². The van der Waals surface area contributed by atoms with Crippen molar-refractivity contribution < 1.29 is 23.2 Å². The summed E-state index contributed by atoms with van der Waals surface area (Å²) in [5, 5.41) is 10.0. The molecule has 0 spiro atoms. The third-order valence-electron chi connectivity index (χ3n) is 15.3. The van der Waals surface area contributed by atoms with Crippen LogP contribution in [0.25, 0.3) is 16.8 Å². The molecule has 9 rings (SSSR count). The predicted molar refractivity (Wildman–Crippen MR) is 260 cm³/mol. The number of carbonyl (C=O) groups is 1. The van der Waals surface area contributed by atoms with E-state index in [2.05, 4.69) is 93.8 Å². The molecule has 6 saturated heterocycles. The molecule has 66 heavy (non-hydrogen) atoms. The van der Waals surface area contributed by atoms with Gasteiger partial charge >= 0.3 is 0 Å². The number of piperazine rings is 1. The van der Waals surface area contributed by atoms with Crippen molar-refractivity contribution >= 4 is 41.4 Å². The second kappa shape index (κ2) is 20.2. The van der Waals surface area contributed by atoms with Gasteiger partial charge in [-0.3, -0.25) is 24.6 Å². The molecule has 6 aliphatic heterocycles. The highest BCUT2D eigenvalue weighted by Gasteiger charge is 2.50. The van der Waals surface area contributed by atoms with Gasteiger partial charge in [0.25, 0.3) is 5.88 Å². The summed E-state index contributed by atoms with van der Waals surface area (Å²) >= 11 is 0. The molecule has 2 aromatic carbocycles. The number of likely N-dealkylation sites (tertiary alicyclic amines) is 3. The molecule has 1 aromatic heterocycles. The first-order valence-electron chi connectivity index (χ1n) is 24.7. The lowest BCUT2D eigenvalue weighted by Crippen LogP contribution is -2.58. The van der Waals surface area contributed by atoms with Gasteiger partial charge in [-0.15, -0.1) is 0 Å². The van der Waals surface area contributed by atoms with Crippen molar-refractivity contribution in [2.75, 3.05) is 66.2 Å². The number of nitrogens with one attached hydrogen (secondary N) is 1. The van der Waals surface area contributed by atoms with E-state index in [-0.39, 0.29) is 47.9 Å². The van der Waals surface area contributed by atoms with Crippen molar-refractivity contribution in [2.45, 2.75) is 127 Å². The van der Waals surface area contributed by atoms with Crippen LogP contribution in [0.1, 0.15) is 102 Å². The fraction of sp³-hybridized carbons (Fsp3) is 0.596. The number of allylic oxidation sites excluding steroid dienone is 2. The first-order chi connectivity index (χ1) is 32.1. The SMILES string of the molecule is C=N\C(=C(C=NC)/C(=N\COCC12CCCN1C(CN1CC(Oc3cc(C(C(=O)N4CCCC4C)C(C)C)on3)C1)CC2)C(/F)=C/c1cccc2cccc(CC)c12)N1CC2CCC(C1)N2. The Hall–Kier alpha value is -4.76. The van der Waals surface area contributed by atoms with Crippen LogP contribution in [0.15, 0.2) is 79.2 Å². The van der Waals surface area contributed by atoms with Crippen LogP contribution in [-0.2, 0) is 16.0 Å². The molecule has 6 atom stereocenters. The fourth-order valence-electron chi connectivity index (χ4n) is 12.1. The van der Waals surface area contributed by atoms with Gasteiger partial charge in [-0.05, 0) is 117 Å². The van der Waals surface area contributed by atoms with Crippen molar-refractivity contribution in [1.82, 2.24) is 30.1 Å². The number of rotatable bonds is 18. The molecule has 6 unspecified atom stereocenters. The standard InChI is InChI=1S/C52H70FN9O4/c1-7-36-13-8-14-37-15-9-16-38(48(36)37)24-44(53)49(43(26-54-5)50(55-6)60-27-39-17-18-40(28-60)57-39)56-33-64-32-52-20-11-23-62(52)41(19-21-52)29-59-30-42(31-59)65-46-25-45(66-58-46)47(34(2)3)51(63)61-22-10-12-35(61)4/h8-9,13-16,24-26,34-35,39-42,47,57H,6-7,10-12,17-23,27-33H2,1-5H3/b44-24-,50-43+,54-26?,56-49+. The molecule has 13 nitrogen and oxygen atoms in total. The van der Waals surface area contributed by atoms with Crippen molar-refractivity contribution in [1.29, 1.82) is 0 Å². The highest BCUT2D eigenvalue weighted by Crippen LogP contribution is 2.43. The number of hydrogen-bond acceptors (Lipinski definition) is 12. The zero-order valence-electron chi connectivity index (χ0n) is 39.8. The number of benzene rings is 2. The van der Waals surface area contributed by atoms with E-state index >= 15 is 4.39 Å². The molecule has 14 heteroatoms. The van der Waals surface area contributed by atoms with Crippen LogP contribution < -0.4 is 10.1 Å². The maximum atomic E-state index is 17.2. The Morgan fingerprint density at radius 3 is 2.56 bits per heavy atom. The van der Waals surface area contributed by atoms with Gasteiger partial charge in [0, 0.05) is 88.3 Å². The largest absolute Gasteiger partial charge is 0.469 e. The molecule has 6 fully saturated rings. The third kappa shape index (κ3) is 9.53. The Labute approximate surface area is 390 Å². The summed E-state index contributed by atoms with van der Waals surface area (Å²) in [6.07, 6.45) is 12.8. The van der Waals surface area contributed by atoms with Crippen LogP contribution in [0.5, 0.6) is 5.88 Å². The Balaban J connectivity index is 0.863. The zero-order valence-corrected chi connectivity index (χ0v) is 39.8. The second-order valence-corrected chi connectivity index (χ2v) is 20.0. The van der Waals surface area contributed by atoms with Crippen molar-refractivity contribution in [3.63, 3.8) is 0 Å². The maximum absolute atomic E-state index is 17.2. The van der Waals surface area contributed by atoms with E-state index in [4.69, 9.17) is 19.0 Å². The average Bonchev–Trinajstić information content (AvgIpc) is 4.14. The number of fused-ring (bicyclic) bond motifs is 4. The van der Waals surface area contributed by atoms with Gasteiger partial charge < -0.3 is 29.1 Å². The molecule has 1 N–H and O–H groups in total. The number of hydrogen-bond donors (Lipinski definition) is 1. The molecular weight excluding hydrogens is 834 g/mol. The van der Waals surface area contributed by atoms with Crippen molar-refractivity contribution in [2.24, 2.45) is 20.9 Å². The van der Waals surface area contributed by atoms with Gasteiger partial charge in [0.15, 0.2) is 5.76 Å². The summed E-state index contributed by atoms with van der Waals surface area (Å²) in [5.74, 6) is 1.01. The lowest BCUT2D eigenvalue weighted by Gasteiger charge is -2.42. The van der Waals surface area contributed by atoms with E-state index < -0.39 is 5.83 Å². The molecule has 2 bridgehead atoms. The first kappa shape index (κ1) is 46.4. The topological polar surface area (TPSA) is 124 Å². The highest BCUT2D eigenvalue weighted by molar-refractivity contribution is 6.25. The van der Waals surface area contributed by atoms with Gasteiger partial charge in [-0.2, -0.15) is 0 Å². The summed E-state index contributed by atoms with van der Waals surface area (Å²) in [5.41, 5.74) is 2.58. The quantitative estimate of drug-likeness (QED) is 0.101. The molecule has 3 aromatic rings. The van der Waals surface area contributed by atoms with Gasteiger partial charge in [-0.1, -0.05) is 57.2 Å². The highest BCUT2D eigenvalue weighted by atomic mass is 19.1. The molecule has 354 valence electrons. The summed E-state index contributed by atoms with van der Waals surface area (Å²) in [7, 11) is 1.70. The Bertz CT molecular complexity index is 2340. The number of nitrogens with zero attached hydrogens (tertiary/aromatic N) is 8. The maximum Gasteiger partial charge on any atom is 0.254 e. The molecule has 0 aliphatic carbocycles. The van der Waals surface area contributed by atoms with Crippen LogP contribution in [0.4, 0.5) is 4.39 Å². The number of aryl methyl sites for hydroxylation is 1. The lowest BCUT2D eigenvalue weighted by atomic mass is 9.91. The van der Waals surface area contributed by atoms with Crippen LogP contribution in [0.3, 0.4) is 0 Å². The number of aromatic nitrogens is 1. The van der Waals surface area contributed by atoms with Crippen LogP contribution in [-0.4, -0.2) is 151 Å². The summed E-state index contributed by atoms with van der Waals surface area (Å²) in [6, 6.07) is 15.5.